The average molecular weight is 791 g/mol. The van der Waals surface area contributed by atoms with E-state index in [2.05, 4.69) is 264 Å². The Morgan fingerprint density at radius 3 is 1.16 bits per heavy atom. The summed E-state index contributed by atoms with van der Waals surface area (Å²) in [6.45, 7) is 0. The normalized spacial score (nSPS) is 11.2. The number of para-hydroxylation sites is 1. The first-order valence-electron chi connectivity index (χ1n) is 21.3. The maximum absolute atomic E-state index is 2.44. The summed E-state index contributed by atoms with van der Waals surface area (Å²) in [6, 6.07) is 91.9. The van der Waals surface area contributed by atoms with Crippen molar-refractivity contribution >= 4 is 38.7 Å². The summed E-state index contributed by atoms with van der Waals surface area (Å²) in [5, 5.41) is 3.70. The fourth-order valence-electron chi connectivity index (χ4n) is 9.02. The topological polar surface area (TPSA) is 8.17 Å². The Kier molecular flexibility index (Phi) is 9.57. The summed E-state index contributed by atoms with van der Waals surface area (Å²) >= 11 is 0. The summed E-state index contributed by atoms with van der Waals surface area (Å²) in [5.74, 6) is 0. The molecule has 1 aromatic heterocycles. The summed E-state index contributed by atoms with van der Waals surface area (Å²) in [4.78, 5) is 2.34. The first-order chi connectivity index (χ1) is 30.8. The molecule has 0 aliphatic heterocycles. The molecule has 0 N–H and O–H groups in total. The molecular formula is C60H42N2. The summed E-state index contributed by atoms with van der Waals surface area (Å²) < 4.78 is 2.44. The van der Waals surface area contributed by atoms with Crippen LogP contribution < -0.4 is 4.90 Å². The van der Waals surface area contributed by atoms with Gasteiger partial charge in [0.1, 0.15) is 0 Å². The average Bonchev–Trinajstić information content (AvgIpc) is 3.72. The SMILES string of the molecule is c1ccc(-c2ccc(N(c3ccc(-c4ccccc4)cc3)c3ccc(-c4ccc5c(ccc6c5c(-c5ccccc5)c(-c5ccccc5)n6-c5ccccc5)c4)cc3)cc2)cc1. The van der Waals surface area contributed by atoms with Crippen molar-refractivity contribution in [1.82, 2.24) is 4.57 Å². The Labute approximate surface area is 362 Å². The van der Waals surface area contributed by atoms with Gasteiger partial charge >= 0.3 is 0 Å². The van der Waals surface area contributed by atoms with E-state index in [0.717, 1.165) is 22.7 Å². The standard InChI is InChI=1S/C60H42N2/c1-6-16-43(17-7-1)45-26-34-53(35-27-45)61(54-36-28-46(29-37-54)44-18-8-2-9-19-44)55-38-30-47(31-39-55)50-32-40-56-51(42-50)33-41-57-59(56)58(48-20-10-3-11-21-48)60(49-22-12-4-13-23-49)62(57)52-24-14-5-15-25-52/h1-42H. The Hall–Kier alpha value is -8.20. The van der Waals surface area contributed by atoms with Crippen molar-refractivity contribution < 1.29 is 0 Å². The lowest BCUT2D eigenvalue weighted by atomic mass is 9.94. The zero-order chi connectivity index (χ0) is 41.2. The molecule has 11 rings (SSSR count). The second kappa shape index (κ2) is 16.1. The molecule has 0 aliphatic carbocycles. The molecule has 2 nitrogen and oxygen atoms in total. The van der Waals surface area contributed by atoms with E-state index in [1.54, 1.807) is 0 Å². The number of benzene rings is 10. The third kappa shape index (κ3) is 6.84. The van der Waals surface area contributed by atoms with Crippen LogP contribution in [0.3, 0.4) is 0 Å². The van der Waals surface area contributed by atoms with Gasteiger partial charge in [0.15, 0.2) is 0 Å². The van der Waals surface area contributed by atoms with Crippen molar-refractivity contribution in [1.29, 1.82) is 0 Å². The molecule has 10 aromatic carbocycles. The Balaban J connectivity index is 1.01. The van der Waals surface area contributed by atoms with Crippen LogP contribution >= 0.6 is 0 Å². The highest BCUT2D eigenvalue weighted by Crippen LogP contribution is 2.46. The van der Waals surface area contributed by atoms with E-state index in [-0.39, 0.29) is 0 Å². The number of fused-ring (bicyclic) bond motifs is 3. The van der Waals surface area contributed by atoms with Gasteiger partial charge in [0.2, 0.25) is 0 Å². The maximum atomic E-state index is 2.44. The molecule has 11 aromatic rings. The highest BCUT2D eigenvalue weighted by Gasteiger charge is 2.23. The summed E-state index contributed by atoms with van der Waals surface area (Å²) in [5.41, 5.74) is 17.6. The third-order valence-corrected chi connectivity index (χ3v) is 12.0. The molecule has 0 amide bonds. The van der Waals surface area contributed by atoms with Crippen LogP contribution in [0.2, 0.25) is 0 Å². The quantitative estimate of drug-likeness (QED) is 0.141. The number of rotatable bonds is 9. The molecule has 0 radical (unpaired) electrons. The molecule has 1 heterocycles. The van der Waals surface area contributed by atoms with Crippen LogP contribution in [0.5, 0.6) is 0 Å². The van der Waals surface area contributed by atoms with E-state index >= 15 is 0 Å². The minimum Gasteiger partial charge on any atom is -0.311 e. The van der Waals surface area contributed by atoms with Gasteiger partial charge in [0, 0.05) is 33.7 Å². The van der Waals surface area contributed by atoms with Crippen LogP contribution in [0.15, 0.2) is 255 Å². The van der Waals surface area contributed by atoms with Crippen LogP contribution in [0.25, 0.3) is 83.1 Å². The molecule has 0 unspecified atom stereocenters. The minimum atomic E-state index is 1.10. The monoisotopic (exact) mass is 790 g/mol. The van der Waals surface area contributed by atoms with Gasteiger partial charge in [0.05, 0.1) is 11.2 Å². The van der Waals surface area contributed by atoms with E-state index < -0.39 is 0 Å². The lowest BCUT2D eigenvalue weighted by molar-refractivity contribution is 1.14. The predicted molar refractivity (Wildman–Crippen MR) is 263 cm³/mol. The molecule has 0 spiro atoms. The van der Waals surface area contributed by atoms with Gasteiger partial charge in [-0.2, -0.15) is 0 Å². The third-order valence-electron chi connectivity index (χ3n) is 12.0. The van der Waals surface area contributed by atoms with Crippen molar-refractivity contribution in [3.05, 3.63) is 255 Å². The fourth-order valence-corrected chi connectivity index (χ4v) is 9.02. The van der Waals surface area contributed by atoms with Gasteiger partial charge in [-0.25, -0.2) is 0 Å². The van der Waals surface area contributed by atoms with E-state index in [1.807, 2.05) is 0 Å². The summed E-state index contributed by atoms with van der Waals surface area (Å²) in [6.07, 6.45) is 0. The van der Waals surface area contributed by atoms with Gasteiger partial charge < -0.3 is 9.47 Å². The van der Waals surface area contributed by atoms with E-state index in [9.17, 15) is 0 Å². The molecule has 0 atom stereocenters. The largest absolute Gasteiger partial charge is 0.311 e. The molecular weight excluding hydrogens is 749 g/mol. The van der Waals surface area contributed by atoms with Crippen LogP contribution in [0.1, 0.15) is 0 Å². The van der Waals surface area contributed by atoms with Crippen LogP contribution in [-0.4, -0.2) is 4.57 Å². The first kappa shape index (κ1) is 36.8. The molecule has 0 saturated heterocycles. The predicted octanol–water partition coefficient (Wildman–Crippen LogP) is 16.6. The first-order valence-corrected chi connectivity index (χ1v) is 21.3. The van der Waals surface area contributed by atoms with Crippen molar-refractivity contribution in [3.8, 4) is 61.5 Å². The Bertz CT molecular complexity index is 3180. The van der Waals surface area contributed by atoms with Gasteiger partial charge in [-0.05, 0) is 116 Å². The van der Waals surface area contributed by atoms with Crippen molar-refractivity contribution in [3.63, 3.8) is 0 Å². The lowest BCUT2D eigenvalue weighted by Crippen LogP contribution is -2.09. The second-order valence-electron chi connectivity index (χ2n) is 15.7. The van der Waals surface area contributed by atoms with Crippen molar-refractivity contribution in [2.24, 2.45) is 0 Å². The van der Waals surface area contributed by atoms with E-state index in [0.29, 0.717) is 0 Å². The Morgan fingerprint density at radius 1 is 0.290 bits per heavy atom. The molecule has 2 heteroatoms. The number of aromatic nitrogens is 1. The zero-order valence-corrected chi connectivity index (χ0v) is 34.1. The van der Waals surface area contributed by atoms with Crippen molar-refractivity contribution in [2.45, 2.75) is 0 Å². The maximum Gasteiger partial charge on any atom is 0.0619 e. The second-order valence-corrected chi connectivity index (χ2v) is 15.7. The number of anilines is 3. The van der Waals surface area contributed by atoms with E-state index in [1.165, 1.54) is 77.4 Å². The van der Waals surface area contributed by atoms with Crippen LogP contribution in [-0.2, 0) is 0 Å². The van der Waals surface area contributed by atoms with E-state index in [4.69, 9.17) is 0 Å². The number of hydrogen-bond acceptors (Lipinski definition) is 1. The number of hydrogen-bond donors (Lipinski definition) is 0. The smallest absolute Gasteiger partial charge is 0.0619 e. The molecule has 0 aliphatic rings. The van der Waals surface area contributed by atoms with Gasteiger partial charge in [-0.1, -0.05) is 194 Å². The molecule has 292 valence electrons. The highest BCUT2D eigenvalue weighted by atomic mass is 15.1. The van der Waals surface area contributed by atoms with Gasteiger partial charge in [0.25, 0.3) is 0 Å². The molecule has 0 saturated carbocycles. The van der Waals surface area contributed by atoms with Crippen LogP contribution in [0, 0.1) is 0 Å². The molecule has 62 heavy (non-hydrogen) atoms. The lowest BCUT2D eigenvalue weighted by Gasteiger charge is -2.26. The van der Waals surface area contributed by atoms with Crippen LogP contribution in [0.4, 0.5) is 17.1 Å². The highest BCUT2D eigenvalue weighted by molar-refractivity contribution is 6.18. The zero-order valence-electron chi connectivity index (χ0n) is 34.1. The van der Waals surface area contributed by atoms with Gasteiger partial charge in [-0.3, -0.25) is 0 Å². The van der Waals surface area contributed by atoms with Crippen molar-refractivity contribution in [2.75, 3.05) is 4.90 Å². The Morgan fingerprint density at radius 2 is 0.677 bits per heavy atom. The summed E-state index contributed by atoms with van der Waals surface area (Å²) in [7, 11) is 0. The minimum absolute atomic E-state index is 1.10. The molecule has 0 fully saturated rings. The fraction of sp³-hybridized carbons (Fsp3) is 0. The number of nitrogens with zero attached hydrogens (tertiary/aromatic N) is 2. The van der Waals surface area contributed by atoms with Gasteiger partial charge in [-0.15, -0.1) is 0 Å². The molecule has 0 bridgehead atoms.